The lowest BCUT2D eigenvalue weighted by molar-refractivity contribution is -0.133. The van der Waals surface area contributed by atoms with E-state index in [2.05, 4.69) is 10.6 Å². The van der Waals surface area contributed by atoms with Crippen LogP contribution in [0.2, 0.25) is 0 Å². The van der Waals surface area contributed by atoms with E-state index in [0.717, 1.165) is 32.4 Å². The number of amides is 3. The van der Waals surface area contributed by atoms with E-state index in [1.54, 1.807) is 11.8 Å². The molecular formula is C15H22N4O4S. The van der Waals surface area contributed by atoms with Crippen molar-refractivity contribution >= 4 is 27.6 Å². The molecule has 2 rings (SSSR count). The van der Waals surface area contributed by atoms with Crippen molar-refractivity contribution in [2.24, 2.45) is 5.14 Å². The van der Waals surface area contributed by atoms with Gasteiger partial charge in [0, 0.05) is 18.8 Å². The molecule has 1 fully saturated rings. The highest BCUT2D eigenvalue weighted by Gasteiger charge is 2.23. The summed E-state index contributed by atoms with van der Waals surface area (Å²) in [4.78, 5) is 25.9. The average Bonchev–Trinajstić information content (AvgIpc) is 2.54. The fourth-order valence-electron chi connectivity index (χ4n) is 2.54. The second kappa shape index (κ2) is 7.63. The Morgan fingerprint density at radius 1 is 1.12 bits per heavy atom. The predicted molar refractivity (Wildman–Crippen MR) is 89.9 cm³/mol. The minimum atomic E-state index is -3.77. The van der Waals surface area contributed by atoms with E-state index < -0.39 is 22.1 Å². The zero-order valence-corrected chi connectivity index (χ0v) is 14.3. The molecule has 1 heterocycles. The number of carbonyl (C=O) groups is 2. The highest BCUT2D eigenvalue weighted by molar-refractivity contribution is 7.89. The highest BCUT2D eigenvalue weighted by Crippen LogP contribution is 2.13. The largest absolute Gasteiger partial charge is 0.341 e. The molecule has 0 radical (unpaired) electrons. The molecule has 4 N–H and O–H groups in total. The molecule has 8 nitrogen and oxygen atoms in total. The fraction of sp³-hybridized carbons (Fsp3) is 0.467. The summed E-state index contributed by atoms with van der Waals surface area (Å²) in [5, 5.41) is 10.1. The van der Waals surface area contributed by atoms with Crippen LogP contribution in [-0.2, 0) is 14.8 Å². The molecule has 3 amide bonds. The number of likely N-dealkylation sites (tertiary alicyclic amines) is 1. The number of sulfonamides is 1. The minimum Gasteiger partial charge on any atom is -0.341 e. The number of rotatable bonds is 4. The number of hydrogen-bond donors (Lipinski definition) is 3. The van der Waals surface area contributed by atoms with E-state index in [1.165, 1.54) is 24.3 Å². The van der Waals surface area contributed by atoms with Gasteiger partial charge in [-0.05, 0) is 50.5 Å². The first-order valence-corrected chi connectivity index (χ1v) is 9.31. The van der Waals surface area contributed by atoms with Gasteiger partial charge in [0.05, 0.1) is 4.90 Å². The molecule has 1 saturated heterocycles. The molecule has 1 aromatic carbocycles. The predicted octanol–water partition coefficient (Wildman–Crippen LogP) is 0.856. The quantitative estimate of drug-likeness (QED) is 0.742. The van der Waals surface area contributed by atoms with Gasteiger partial charge in [0.25, 0.3) is 0 Å². The molecule has 1 aliphatic rings. The van der Waals surface area contributed by atoms with E-state index in [1.807, 2.05) is 0 Å². The lowest BCUT2D eigenvalue weighted by Gasteiger charge is -2.29. The lowest BCUT2D eigenvalue weighted by atomic mass is 10.1. The van der Waals surface area contributed by atoms with Crippen LogP contribution in [0.15, 0.2) is 29.2 Å². The normalized spacial score (nSPS) is 16.3. The van der Waals surface area contributed by atoms with Gasteiger partial charge in [0.2, 0.25) is 15.9 Å². The van der Waals surface area contributed by atoms with Gasteiger partial charge in [-0.15, -0.1) is 0 Å². The molecule has 0 aromatic heterocycles. The summed E-state index contributed by atoms with van der Waals surface area (Å²) in [5.74, 6) is -0.102. The molecular weight excluding hydrogens is 332 g/mol. The minimum absolute atomic E-state index is 0.0397. The Bertz CT molecular complexity index is 697. The monoisotopic (exact) mass is 354 g/mol. The highest BCUT2D eigenvalue weighted by atomic mass is 32.2. The van der Waals surface area contributed by atoms with Crippen molar-refractivity contribution < 1.29 is 18.0 Å². The number of urea groups is 1. The number of primary sulfonamides is 1. The third kappa shape index (κ3) is 4.93. The van der Waals surface area contributed by atoms with Gasteiger partial charge in [-0.25, -0.2) is 18.4 Å². The topological polar surface area (TPSA) is 122 Å². The number of nitrogens with one attached hydrogen (secondary N) is 2. The smallest absolute Gasteiger partial charge is 0.319 e. The number of benzene rings is 1. The Morgan fingerprint density at radius 2 is 1.71 bits per heavy atom. The summed E-state index contributed by atoms with van der Waals surface area (Å²) in [7, 11) is -3.77. The summed E-state index contributed by atoms with van der Waals surface area (Å²) in [6, 6.07) is 4.29. The molecule has 0 bridgehead atoms. The first-order valence-electron chi connectivity index (χ1n) is 7.76. The van der Waals surface area contributed by atoms with Gasteiger partial charge in [-0.1, -0.05) is 0 Å². The van der Waals surface area contributed by atoms with Gasteiger partial charge in [-0.2, -0.15) is 0 Å². The van der Waals surface area contributed by atoms with Gasteiger partial charge in [0.15, 0.2) is 0 Å². The van der Waals surface area contributed by atoms with Crippen LogP contribution in [0.3, 0.4) is 0 Å². The van der Waals surface area contributed by atoms with E-state index in [4.69, 9.17) is 5.14 Å². The van der Waals surface area contributed by atoms with Crippen LogP contribution in [0.4, 0.5) is 10.5 Å². The summed E-state index contributed by atoms with van der Waals surface area (Å²) in [6.45, 7) is 3.09. The van der Waals surface area contributed by atoms with Gasteiger partial charge in [0.1, 0.15) is 6.04 Å². The van der Waals surface area contributed by atoms with Crippen molar-refractivity contribution in [3.8, 4) is 0 Å². The van der Waals surface area contributed by atoms with Crippen molar-refractivity contribution in [2.45, 2.75) is 37.1 Å². The van der Waals surface area contributed by atoms with Crippen molar-refractivity contribution in [2.75, 3.05) is 18.4 Å². The summed E-state index contributed by atoms with van der Waals surface area (Å²) in [6.07, 6.45) is 3.10. The molecule has 0 aliphatic carbocycles. The van der Waals surface area contributed by atoms with Crippen molar-refractivity contribution in [3.05, 3.63) is 24.3 Å². The van der Waals surface area contributed by atoms with Crippen LogP contribution >= 0.6 is 0 Å². The van der Waals surface area contributed by atoms with Gasteiger partial charge >= 0.3 is 6.03 Å². The molecule has 1 aliphatic heterocycles. The summed E-state index contributed by atoms with van der Waals surface area (Å²) >= 11 is 0. The number of hydrogen-bond acceptors (Lipinski definition) is 4. The first kappa shape index (κ1) is 18.2. The Labute approximate surface area is 141 Å². The molecule has 0 saturated carbocycles. The average molecular weight is 354 g/mol. The second-order valence-corrected chi connectivity index (χ2v) is 7.34. The molecule has 1 aromatic rings. The van der Waals surface area contributed by atoms with Crippen LogP contribution in [-0.4, -0.2) is 44.4 Å². The molecule has 132 valence electrons. The number of nitrogens with zero attached hydrogens (tertiary/aromatic N) is 1. The van der Waals surface area contributed by atoms with Crippen LogP contribution in [0.1, 0.15) is 26.2 Å². The van der Waals surface area contributed by atoms with Crippen LogP contribution < -0.4 is 15.8 Å². The van der Waals surface area contributed by atoms with Crippen LogP contribution in [0, 0.1) is 0 Å². The Kier molecular flexibility index (Phi) is 5.79. The van der Waals surface area contributed by atoms with Crippen LogP contribution in [0.5, 0.6) is 0 Å². The Morgan fingerprint density at radius 3 is 2.25 bits per heavy atom. The molecule has 0 spiro atoms. The van der Waals surface area contributed by atoms with Crippen molar-refractivity contribution in [1.82, 2.24) is 10.2 Å². The third-order valence-electron chi connectivity index (χ3n) is 3.83. The number of piperidine rings is 1. The molecule has 0 unspecified atom stereocenters. The summed E-state index contributed by atoms with van der Waals surface area (Å²) in [5.41, 5.74) is 0.400. The number of carbonyl (C=O) groups excluding carboxylic acids is 2. The second-order valence-electron chi connectivity index (χ2n) is 5.78. The molecule has 24 heavy (non-hydrogen) atoms. The zero-order valence-electron chi connectivity index (χ0n) is 13.5. The lowest BCUT2D eigenvalue weighted by Crippen LogP contribution is -2.49. The van der Waals surface area contributed by atoms with Crippen molar-refractivity contribution in [3.63, 3.8) is 0 Å². The Balaban J connectivity index is 1.89. The van der Waals surface area contributed by atoms with Gasteiger partial charge in [-0.3, -0.25) is 4.79 Å². The van der Waals surface area contributed by atoms with Crippen molar-refractivity contribution in [1.29, 1.82) is 0 Å². The number of anilines is 1. The number of nitrogens with two attached hydrogens (primary N) is 1. The maximum absolute atomic E-state index is 12.2. The molecule has 9 heteroatoms. The van der Waals surface area contributed by atoms with E-state index in [0.29, 0.717) is 5.69 Å². The standard InChI is InChI=1S/C15H22N4O4S/c1-11(14(20)19-9-3-2-4-10-19)17-15(21)18-12-5-7-13(8-6-12)24(16,22)23/h5-8,11H,2-4,9-10H2,1H3,(H2,16,22,23)(H2,17,18,21)/t11-/m1/s1. The first-order chi connectivity index (χ1) is 11.3. The van der Waals surface area contributed by atoms with Crippen LogP contribution in [0.25, 0.3) is 0 Å². The molecule has 1 atom stereocenters. The fourth-order valence-corrected chi connectivity index (χ4v) is 3.06. The van der Waals surface area contributed by atoms with E-state index in [-0.39, 0.29) is 10.8 Å². The zero-order chi connectivity index (χ0) is 17.7. The summed E-state index contributed by atoms with van der Waals surface area (Å²) < 4.78 is 22.3. The Hall–Kier alpha value is -2.13. The maximum Gasteiger partial charge on any atom is 0.319 e. The third-order valence-corrected chi connectivity index (χ3v) is 4.76. The van der Waals surface area contributed by atoms with E-state index in [9.17, 15) is 18.0 Å². The van der Waals surface area contributed by atoms with Gasteiger partial charge < -0.3 is 15.5 Å². The van der Waals surface area contributed by atoms with E-state index >= 15 is 0 Å². The maximum atomic E-state index is 12.2. The SMILES string of the molecule is C[C@@H](NC(=O)Nc1ccc(S(N)(=O)=O)cc1)C(=O)N1CCCCC1.